The minimum atomic E-state index is -0.386. The lowest BCUT2D eigenvalue weighted by atomic mass is 10.1. The quantitative estimate of drug-likeness (QED) is 0.481. The van der Waals surface area contributed by atoms with E-state index in [-0.39, 0.29) is 10.6 Å². The van der Waals surface area contributed by atoms with Gasteiger partial charge in [0.2, 0.25) is 0 Å². The van der Waals surface area contributed by atoms with E-state index < -0.39 is 0 Å². The van der Waals surface area contributed by atoms with Crippen LogP contribution in [0, 0.1) is 10.1 Å². The zero-order chi connectivity index (χ0) is 14.5. The van der Waals surface area contributed by atoms with Crippen LogP contribution in [0.25, 0.3) is 12.2 Å². The molecule has 0 saturated carbocycles. The van der Waals surface area contributed by atoms with Crippen LogP contribution < -0.4 is 4.90 Å². The SMILES string of the molecule is CN(C)c1ccc(C=Cc2cccc([N+](=O)[O-])c2)cc1. The third-order valence-electron chi connectivity index (χ3n) is 2.96. The Morgan fingerprint density at radius 2 is 1.65 bits per heavy atom. The number of nitro benzene ring substituents is 1. The standard InChI is InChI=1S/C16H16N2O2/c1-17(2)15-10-8-13(9-11-15)6-7-14-4-3-5-16(12-14)18(19)20/h3-12H,1-2H3. The molecule has 0 aliphatic heterocycles. The van der Waals surface area contributed by atoms with Crippen molar-refractivity contribution in [3.8, 4) is 0 Å². The highest BCUT2D eigenvalue weighted by atomic mass is 16.6. The number of benzene rings is 2. The Bertz CT molecular complexity index is 631. The van der Waals surface area contributed by atoms with E-state index in [0.717, 1.165) is 16.8 Å². The van der Waals surface area contributed by atoms with Crippen LogP contribution in [0.4, 0.5) is 11.4 Å². The molecule has 0 radical (unpaired) electrons. The molecule has 0 saturated heterocycles. The fourth-order valence-electron chi connectivity index (χ4n) is 1.82. The number of anilines is 1. The topological polar surface area (TPSA) is 46.4 Å². The van der Waals surface area contributed by atoms with Gasteiger partial charge in [-0.2, -0.15) is 0 Å². The Balaban J connectivity index is 2.16. The molecule has 0 amide bonds. The van der Waals surface area contributed by atoms with E-state index in [4.69, 9.17) is 0 Å². The molecule has 2 aromatic carbocycles. The van der Waals surface area contributed by atoms with Gasteiger partial charge in [-0.1, -0.05) is 36.4 Å². The first kappa shape index (κ1) is 13.8. The number of non-ortho nitro benzene ring substituents is 1. The zero-order valence-electron chi connectivity index (χ0n) is 11.5. The Labute approximate surface area is 118 Å². The Hall–Kier alpha value is -2.62. The number of nitro groups is 1. The number of rotatable bonds is 4. The first-order valence-electron chi connectivity index (χ1n) is 6.26. The summed E-state index contributed by atoms with van der Waals surface area (Å²) in [4.78, 5) is 12.4. The lowest BCUT2D eigenvalue weighted by molar-refractivity contribution is -0.384. The largest absolute Gasteiger partial charge is 0.378 e. The van der Waals surface area contributed by atoms with Gasteiger partial charge in [-0.05, 0) is 23.3 Å². The van der Waals surface area contributed by atoms with Gasteiger partial charge in [0.15, 0.2) is 0 Å². The first-order valence-corrected chi connectivity index (χ1v) is 6.26. The summed E-state index contributed by atoms with van der Waals surface area (Å²) in [6.45, 7) is 0. The summed E-state index contributed by atoms with van der Waals surface area (Å²) in [5, 5.41) is 10.7. The fourth-order valence-corrected chi connectivity index (χ4v) is 1.82. The summed E-state index contributed by atoms with van der Waals surface area (Å²) in [5.41, 5.74) is 3.12. The maximum absolute atomic E-state index is 10.7. The highest BCUT2D eigenvalue weighted by molar-refractivity contribution is 5.71. The molecule has 0 bridgehead atoms. The maximum Gasteiger partial charge on any atom is 0.270 e. The molecule has 4 heteroatoms. The molecule has 0 unspecified atom stereocenters. The van der Waals surface area contributed by atoms with Crippen molar-refractivity contribution >= 4 is 23.5 Å². The van der Waals surface area contributed by atoms with Gasteiger partial charge in [0.1, 0.15) is 0 Å². The minimum absolute atomic E-state index is 0.107. The van der Waals surface area contributed by atoms with E-state index in [0.29, 0.717) is 0 Å². The van der Waals surface area contributed by atoms with Gasteiger partial charge in [0.05, 0.1) is 4.92 Å². The molecule has 0 spiro atoms. The highest BCUT2D eigenvalue weighted by Crippen LogP contribution is 2.17. The summed E-state index contributed by atoms with van der Waals surface area (Å²) < 4.78 is 0. The molecular weight excluding hydrogens is 252 g/mol. The van der Waals surface area contributed by atoms with E-state index in [1.54, 1.807) is 12.1 Å². The average Bonchev–Trinajstić information content (AvgIpc) is 2.46. The van der Waals surface area contributed by atoms with Crippen molar-refractivity contribution in [1.29, 1.82) is 0 Å². The number of hydrogen-bond acceptors (Lipinski definition) is 3. The Morgan fingerprint density at radius 3 is 2.25 bits per heavy atom. The van der Waals surface area contributed by atoms with Crippen molar-refractivity contribution in [2.75, 3.05) is 19.0 Å². The Morgan fingerprint density at radius 1 is 1.00 bits per heavy atom. The molecule has 0 N–H and O–H groups in total. The lowest BCUT2D eigenvalue weighted by Crippen LogP contribution is -2.07. The molecule has 0 aliphatic rings. The minimum Gasteiger partial charge on any atom is -0.378 e. The fraction of sp³-hybridized carbons (Fsp3) is 0.125. The van der Waals surface area contributed by atoms with Crippen LogP contribution in [0.2, 0.25) is 0 Å². The van der Waals surface area contributed by atoms with Gasteiger partial charge in [-0.3, -0.25) is 10.1 Å². The van der Waals surface area contributed by atoms with Crippen LogP contribution in [-0.4, -0.2) is 19.0 Å². The summed E-state index contributed by atoms with van der Waals surface area (Å²) in [6, 6.07) is 14.7. The van der Waals surface area contributed by atoms with Gasteiger partial charge < -0.3 is 4.90 Å². The Kier molecular flexibility index (Phi) is 4.15. The number of nitrogens with zero attached hydrogens (tertiary/aromatic N) is 2. The van der Waals surface area contributed by atoms with E-state index in [1.165, 1.54) is 6.07 Å². The summed E-state index contributed by atoms with van der Waals surface area (Å²) >= 11 is 0. The molecule has 0 aliphatic carbocycles. The molecule has 20 heavy (non-hydrogen) atoms. The predicted molar refractivity (Wildman–Crippen MR) is 82.8 cm³/mol. The van der Waals surface area contributed by atoms with Crippen LogP contribution >= 0.6 is 0 Å². The third kappa shape index (κ3) is 3.45. The van der Waals surface area contributed by atoms with Crippen molar-refractivity contribution in [2.45, 2.75) is 0 Å². The van der Waals surface area contributed by atoms with Crippen molar-refractivity contribution in [3.05, 3.63) is 69.8 Å². The molecule has 2 aromatic rings. The van der Waals surface area contributed by atoms with Crippen molar-refractivity contribution in [2.24, 2.45) is 0 Å². The van der Waals surface area contributed by atoms with Crippen LogP contribution in [-0.2, 0) is 0 Å². The summed E-state index contributed by atoms with van der Waals surface area (Å²) in [6.07, 6.45) is 3.82. The zero-order valence-corrected chi connectivity index (χ0v) is 11.5. The molecular formula is C16H16N2O2. The van der Waals surface area contributed by atoms with Crippen molar-refractivity contribution in [3.63, 3.8) is 0 Å². The molecule has 2 rings (SSSR count). The van der Waals surface area contributed by atoms with E-state index >= 15 is 0 Å². The van der Waals surface area contributed by atoms with Crippen molar-refractivity contribution in [1.82, 2.24) is 0 Å². The van der Waals surface area contributed by atoms with E-state index in [1.807, 2.05) is 61.5 Å². The molecule has 0 heterocycles. The first-order chi connectivity index (χ1) is 9.56. The number of hydrogen-bond donors (Lipinski definition) is 0. The molecule has 102 valence electrons. The highest BCUT2D eigenvalue weighted by Gasteiger charge is 2.03. The van der Waals surface area contributed by atoms with E-state index in [9.17, 15) is 10.1 Å². The van der Waals surface area contributed by atoms with Crippen LogP contribution in [0.1, 0.15) is 11.1 Å². The maximum atomic E-state index is 10.7. The van der Waals surface area contributed by atoms with Gasteiger partial charge in [-0.25, -0.2) is 0 Å². The van der Waals surface area contributed by atoms with Crippen LogP contribution in [0.15, 0.2) is 48.5 Å². The van der Waals surface area contributed by atoms with Gasteiger partial charge in [-0.15, -0.1) is 0 Å². The predicted octanol–water partition coefficient (Wildman–Crippen LogP) is 3.83. The molecule has 0 aromatic heterocycles. The lowest BCUT2D eigenvalue weighted by Gasteiger charge is -2.11. The second kappa shape index (κ2) is 6.02. The van der Waals surface area contributed by atoms with Gasteiger partial charge >= 0.3 is 0 Å². The molecule has 0 atom stereocenters. The van der Waals surface area contributed by atoms with Crippen molar-refractivity contribution < 1.29 is 4.92 Å². The second-order valence-corrected chi connectivity index (χ2v) is 4.67. The van der Waals surface area contributed by atoms with E-state index in [2.05, 4.69) is 0 Å². The smallest absolute Gasteiger partial charge is 0.270 e. The monoisotopic (exact) mass is 268 g/mol. The average molecular weight is 268 g/mol. The summed E-state index contributed by atoms with van der Waals surface area (Å²) in [5.74, 6) is 0. The second-order valence-electron chi connectivity index (χ2n) is 4.67. The summed E-state index contributed by atoms with van der Waals surface area (Å²) in [7, 11) is 3.99. The molecule has 4 nitrogen and oxygen atoms in total. The van der Waals surface area contributed by atoms with Crippen LogP contribution in [0.3, 0.4) is 0 Å². The third-order valence-corrected chi connectivity index (χ3v) is 2.96. The van der Waals surface area contributed by atoms with Gasteiger partial charge in [0.25, 0.3) is 5.69 Å². The molecule has 0 fully saturated rings. The normalized spacial score (nSPS) is 10.7. The van der Waals surface area contributed by atoms with Gasteiger partial charge in [0, 0.05) is 31.9 Å². The van der Waals surface area contributed by atoms with Crippen LogP contribution in [0.5, 0.6) is 0 Å².